The summed E-state index contributed by atoms with van der Waals surface area (Å²) in [6.07, 6.45) is 1.89. The van der Waals surface area contributed by atoms with Crippen molar-refractivity contribution in [3.8, 4) is 0 Å². The van der Waals surface area contributed by atoms with Crippen LogP contribution in [0.3, 0.4) is 0 Å². The van der Waals surface area contributed by atoms with Crippen molar-refractivity contribution >= 4 is 5.82 Å². The zero-order valence-corrected chi connectivity index (χ0v) is 8.54. The predicted octanol–water partition coefficient (Wildman–Crippen LogP) is 0.853. The van der Waals surface area contributed by atoms with Crippen LogP contribution in [0.1, 0.15) is 20.8 Å². The van der Waals surface area contributed by atoms with E-state index in [9.17, 15) is 0 Å². The normalized spacial score (nSPS) is 11.9. The summed E-state index contributed by atoms with van der Waals surface area (Å²) in [6.45, 7) is 8.19. The number of aromatic nitrogens is 2. The molecule has 0 aromatic carbocycles. The van der Waals surface area contributed by atoms with Crippen molar-refractivity contribution in [2.75, 3.05) is 12.3 Å². The minimum Gasteiger partial charge on any atom is -0.382 e. The molecule has 0 saturated carbocycles. The number of anilines is 1. The number of nitrogen functional groups attached to an aromatic ring is 1. The van der Waals surface area contributed by atoms with Gasteiger partial charge in [-0.2, -0.15) is 5.10 Å². The van der Waals surface area contributed by atoms with Crippen LogP contribution in [-0.4, -0.2) is 21.9 Å². The van der Waals surface area contributed by atoms with Gasteiger partial charge < -0.3 is 11.1 Å². The Morgan fingerprint density at radius 2 is 2.23 bits per heavy atom. The molecule has 0 aliphatic carbocycles. The van der Waals surface area contributed by atoms with Gasteiger partial charge in [-0.05, 0) is 26.8 Å². The maximum Gasteiger partial charge on any atom is 0.145 e. The van der Waals surface area contributed by atoms with Crippen LogP contribution in [0.2, 0.25) is 0 Å². The minimum absolute atomic E-state index is 0.165. The van der Waals surface area contributed by atoms with Gasteiger partial charge >= 0.3 is 0 Å². The maximum absolute atomic E-state index is 5.48. The standard InChI is InChI=1S/C9H18N4/c1-9(2,3)11-5-7-13-6-4-8(10)12-13/h4,6,11H,5,7H2,1-3H3,(H2,10,12). The van der Waals surface area contributed by atoms with E-state index in [2.05, 4.69) is 31.2 Å². The van der Waals surface area contributed by atoms with Crippen molar-refractivity contribution < 1.29 is 0 Å². The highest BCUT2D eigenvalue weighted by Crippen LogP contribution is 1.98. The molecule has 4 heteroatoms. The van der Waals surface area contributed by atoms with Crippen molar-refractivity contribution in [1.82, 2.24) is 15.1 Å². The quantitative estimate of drug-likeness (QED) is 0.728. The number of nitrogens with zero attached hydrogens (tertiary/aromatic N) is 2. The second-order valence-electron chi connectivity index (χ2n) is 4.18. The summed E-state index contributed by atoms with van der Waals surface area (Å²) in [5.41, 5.74) is 5.65. The first-order chi connectivity index (χ1) is 5.97. The molecule has 0 saturated heterocycles. The summed E-state index contributed by atoms with van der Waals surface area (Å²) in [4.78, 5) is 0. The van der Waals surface area contributed by atoms with Crippen LogP contribution in [0.4, 0.5) is 5.82 Å². The highest BCUT2D eigenvalue weighted by atomic mass is 15.3. The first kappa shape index (κ1) is 10.1. The van der Waals surface area contributed by atoms with Crippen molar-refractivity contribution in [2.45, 2.75) is 32.9 Å². The van der Waals surface area contributed by atoms with Gasteiger partial charge in [0.15, 0.2) is 0 Å². The molecule has 0 fully saturated rings. The van der Waals surface area contributed by atoms with E-state index < -0.39 is 0 Å². The van der Waals surface area contributed by atoms with E-state index in [0.717, 1.165) is 13.1 Å². The van der Waals surface area contributed by atoms with E-state index >= 15 is 0 Å². The van der Waals surface area contributed by atoms with E-state index in [1.807, 2.05) is 10.9 Å². The molecule has 0 spiro atoms. The molecule has 4 nitrogen and oxygen atoms in total. The number of nitrogens with one attached hydrogen (secondary N) is 1. The van der Waals surface area contributed by atoms with Crippen molar-refractivity contribution in [1.29, 1.82) is 0 Å². The van der Waals surface area contributed by atoms with Crippen molar-refractivity contribution in [2.24, 2.45) is 0 Å². The zero-order valence-electron chi connectivity index (χ0n) is 8.54. The monoisotopic (exact) mass is 182 g/mol. The lowest BCUT2D eigenvalue weighted by atomic mass is 10.1. The van der Waals surface area contributed by atoms with Crippen LogP contribution in [0.5, 0.6) is 0 Å². The summed E-state index contributed by atoms with van der Waals surface area (Å²) in [5, 5.41) is 7.46. The Kier molecular flexibility index (Phi) is 2.93. The first-order valence-electron chi connectivity index (χ1n) is 4.51. The second-order valence-corrected chi connectivity index (χ2v) is 4.18. The number of hydrogen-bond donors (Lipinski definition) is 2. The average molecular weight is 182 g/mol. The van der Waals surface area contributed by atoms with Gasteiger partial charge in [0.05, 0.1) is 6.54 Å². The molecular formula is C9H18N4. The highest BCUT2D eigenvalue weighted by Gasteiger charge is 2.07. The third kappa shape index (κ3) is 3.94. The summed E-state index contributed by atoms with van der Waals surface area (Å²) in [5.74, 6) is 0.579. The van der Waals surface area contributed by atoms with Crippen LogP contribution < -0.4 is 11.1 Å². The van der Waals surface area contributed by atoms with Crippen LogP contribution in [0, 0.1) is 0 Å². The molecule has 1 aromatic rings. The first-order valence-corrected chi connectivity index (χ1v) is 4.51. The van der Waals surface area contributed by atoms with Crippen molar-refractivity contribution in [3.05, 3.63) is 12.3 Å². The topological polar surface area (TPSA) is 55.9 Å². The van der Waals surface area contributed by atoms with E-state index in [1.54, 1.807) is 6.07 Å². The number of hydrogen-bond acceptors (Lipinski definition) is 3. The van der Waals surface area contributed by atoms with Crippen LogP contribution in [0.25, 0.3) is 0 Å². The molecule has 0 atom stereocenters. The Bertz CT molecular complexity index is 259. The molecule has 0 aliphatic heterocycles. The Hall–Kier alpha value is -1.03. The van der Waals surface area contributed by atoms with Gasteiger partial charge in [0, 0.05) is 18.3 Å². The fourth-order valence-electron chi connectivity index (χ4n) is 1.05. The molecule has 3 N–H and O–H groups in total. The van der Waals surface area contributed by atoms with Gasteiger partial charge in [0.1, 0.15) is 5.82 Å². The Labute approximate surface area is 79.1 Å². The van der Waals surface area contributed by atoms with Gasteiger partial charge in [-0.25, -0.2) is 0 Å². The molecule has 1 aromatic heterocycles. The molecular weight excluding hydrogens is 164 g/mol. The van der Waals surface area contributed by atoms with Gasteiger partial charge in [-0.15, -0.1) is 0 Å². The average Bonchev–Trinajstić information content (AvgIpc) is 2.33. The predicted molar refractivity (Wildman–Crippen MR) is 54.4 cm³/mol. The molecule has 1 heterocycles. The summed E-state index contributed by atoms with van der Waals surface area (Å²) >= 11 is 0. The molecule has 74 valence electrons. The van der Waals surface area contributed by atoms with Gasteiger partial charge in [-0.1, -0.05) is 0 Å². The number of nitrogens with two attached hydrogens (primary N) is 1. The fraction of sp³-hybridized carbons (Fsp3) is 0.667. The van der Waals surface area contributed by atoms with Crippen LogP contribution >= 0.6 is 0 Å². The van der Waals surface area contributed by atoms with E-state index in [0.29, 0.717) is 5.82 Å². The summed E-state index contributed by atoms with van der Waals surface area (Å²) in [6, 6.07) is 1.80. The molecule has 1 rings (SSSR count). The smallest absolute Gasteiger partial charge is 0.145 e. The van der Waals surface area contributed by atoms with Gasteiger partial charge in [0.2, 0.25) is 0 Å². The van der Waals surface area contributed by atoms with Crippen LogP contribution in [-0.2, 0) is 6.54 Å². The Balaban J connectivity index is 2.28. The molecule has 0 bridgehead atoms. The van der Waals surface area contributed by atoms with E-state index in [-0.39, 0.29) is 5.54 Å². The second kappa shape index (κ2) is 3.79. The van der Waals surface area contributed by atoms with Crippen molar-refractivity contribution in [3.63, 3.8) is 0 Å². The molecule has 0 aliphatic rings. The Morgan fingerprint density at radius 3 is 2.69 bits per heavy atom. The molecule has 13 heavy (non-hydrogen) atoms. The molecule has 0 amide bonds. The third-order valence-corrected chi connectivity index (χ3v) is 1.66. The lowest BCUT2D eigenvalue weighted by molar-refractivity contribution is 0.405. The van der Waals surface area contributed by atoms with Crippen LogP contribution in [0.15, 0.2) is 12.3 Å². The summed E-state index contributed by atoms with van der Waals surface area (Å²) < 4.78 is 1.84. The zero-order chi connectivity index (χ0) is 9.90. The molecule has 0 unspecified atom stereocenters. The molecule has 0 radical (unpaired) electrons. The third-order valence-electron chi connectivity index (χ3n) is 1.66. The van der Waals surface area contributed by atoms with Gasteiger partial charge in [-0.3, -0.25) is 4.68 Å². The largest absolute Gasteiger partial charge is 0.382 e. The summed E-state index contributed by atoms with van der Waals surface area (Å²) in [7, 11) is 0. The minimum atomic E-state index is 0.165. The van der Waals surface area contributed by atoms with E-state index in [4.69, 9.17) is 5.73 Å². The SMILES string of the molecule is CC(C)(C)NCCn1ccc(N)n1. The fourth-order valence-corrected chi connectivity index (χ4v) is 1.05. The lowest BCUT2D eigenvalue weighted by Crippen LogP contribution is -2.37. The maximum atomic E-state index is 5.48. The van der Waals surface area contributed by atoms with Gasteiger partial charge in [0.25, 0.3) is 0 Å². The number of rotatable bonds is 3. The Morgan fingerprint density at radius 1 is 1.54 bits per heavy atom. The van der Waals surface area contributed by atoms with E-state index in [1.165, 1.54) is 0 Å². The lowest BCUT2D eigenvalue weighted by Gasteiger charge is -2.20. The highest BCUT2D eigenvalue weighted by molar-refractivity contribution is 5.23.